The van der Waals surface area contributed by atoms with Crippen LogP contribution in [0, 0.1) is 0 Å². The maximum absolute atomic E-state index is 12.2. The normalized spacial score (nSPS) is 14.9. The van der Waals surface area contributed by atoms with Gasteiger partial charge in [0, 0.05) is 31.1 Å². The second kappa shape index (κ2) is 13.9. The Bertz CT molecular complexity index is 931. The highest BCUT2D eigenvalue weighted by Crippen LogP contribution is 2.22. The molecular formula is C26H33NO6S. The van der Waals surface area contributed by atoms with Crippen molar-refractivity contribution in [3.63, 3.8) is 0 Å². The quantitative estimate of drug-likeness (QED) is 0.428. The summed E-state index contributed by atoms with van der Waals surface area (Å²) in [6, 6.07) is 15.9. The van der Waals surface area contributed by atoms with Gasteiger partial charge in [0.25, 0.3) is 0 Å². The van der Waals surface area contributed by atoms with Crippen molar-refractivity contribution in [1.82, 2.24) is 4.90 Å². The molecule has 1 heterocycles. The van der Waals surface area contributed by atoms with E-state index in [1.165, 1.54) is 5.56 Å². The molecule has 1 unspecified atom stereocenters. The zero-order valence-electron chi connectivity index (χ0n) is 19.6. The van der Waals surface area contributed by atoms with E-state index in [4.69, 9.17) is 19.3 Å². The number of ether oxygens (including phenoxy) is 3. The lowest BCUT2D eigenvalue weighted by molar-refractivity contribution is -0.154. The monoisotopic (exact) mass is 487 g/mol. The van der Waals surface area contributed by atoms with Gasteiger partial charge in [-0.2, -0.15) is 11.8 Å². The summed E-state index contributed by atoms with van der Waals surface area (Å²) in [6.07, 6.45) is 0.807. The standard InChI is InChI=1S/C26H33NO6S/c1-31-22-7-4-5-20(17-22)9-10-21-6-2-3-8-24(21)32-19-23(18-27-13-15-34-16-14-27)33-26(30)12-11-25(28)29/h2-8,17,23H,9-16,18-19H2,1H3,(H,28,29). The van der Waals surface area contributed by atoms with Gasteiger partial charge in [-0.1, -0.05) is 30.3 Å². The van der Waals surface area contributed by atoms with Crippen LogP contribution in [0.25, 0.3) is 0 Å². The van der Waals surface area contributed by atoms with Crippen LogP contribution in [0.1, 0.15) is 24.0 Å². The summed E-state index contributed by atoms with van der Waals surface area (Å²) in [7, 11) is 1.66. The number of carboxylic acids is 1. The molecule has 34 heavy (non-hydrogen) atoms. The molecule has 0 saturated carbocycles. The molecule has 1 fully saturated rings. The van der Waals surface area contributed by atoms with Gasteiger partial charge in [0.2, 0.25) is 0 Å². The summed E-state index contributed by atoms with van der Waals surface area (Å²) in [6.45, 7) is 2.67. The van der Waals surface area contributed by atoms with Crippen molar-refractivity contribution in [2.75, 3.05) is 44.9 Å². The zero-order valence-corrected chi connectivity index (χ0v) is 20.4. The Morgan fingerprint density at radius 1 is 1.06 bits per heavy atom. The smallest absolute Gasteiger partial charge is 0.306 e. The molecule has 184 valence electrons. The largest absolute Gasteiger partial charge is 0.497 e. The number of hydrogen-bond acceptors (Lipinski definition) is 7. The highest BCUT2D eigenvalue weighted by molar-refractivity contribution is 7.99. The van der Waals surface area contributed by atoms with Gasteiger partial charge in [-0.25, -0.2) is 0 Å². The molecule has 0 radical (unpaired) electrons. The molecule has 0 spiro atoms. The molecule has 1 aliphatic rings. The number of carbonyl (C=O) groups is 2. The van der Waals surface area contributed by atoms with E-state index in [0.717, 1.165) is 54.5 Å². The Balaban J connectivity index is 1.61. The molecule has 1 N–H and O–H groups in total. The SMILES string of the molecule is COc1cccc(CCc2ccccc2OCC(CN2CCSCC2)OC(=O)CCC(=O)O)c1. The third kappa shape index (κ3) is 8.91. The van der Waals surface area contributed by atoms with E-state index in [1.807, 2.05) is 54.2 Å². The van der Waals surface area contributed by atoms with Crippen LogP contribution in [0.3, 0.4) is 0 Å². The molecule has 0 aliphatic carbocycles. The lowest BCUT2D eigenvalue weighted by Gasteiger charge is -2.30. The molecule has 7 nitrogen and oxygen atoms in total. The van der Waals surface area contributed by atoms with Crippen molar-refractivity contribution in [1.29, 1.82) is 0 Å². The summed E-state index contributed by atoms with van der Waals surface area (Å²) in [5.74, 6) is 2.19. The van der Waals surface area contributed by atoms with Gasteiger partial charge in [-0.15, -0.1) is 0 Å². The Hall–Kier alpha value is -2.71. The maximum Gasteiger partial charge on any atom is 0.306 e. The fraction of sp³-hybridized carbons (Fsp3) is 0.462. The number of nitrogens with zero attached hydrogens (tertiary/aromatic N) is 1. The number of methoxy groups -OCH3 is 1. The van der Waals surface area contributed by atoms with Crippen molar-refractivity contribution in [2.24, 2.45) is 0 Å². The molecule has 1 aliphatic heterocycles. The fourth-order valence-corrected chi connectivity index (χ4v) is 4.77. The first kappa shape index (κ1) is 25.9. The van der Waals surface area contributed by atoms with E-state index in [9.17, 15) is 9.59 Å². The third-order valence-electron chi connectivity index (χ3n) is 5.62. The van der Waals surface area contributed by atoms with Crippen molar-refractivity contribution in [3.05, 3.63) is 59.7 Å². The van der Waals surface area contributed by atoms with E-state index < -0.39 is 18.0 Å². The Morgan fingerprint density at radius 2 is 1.85 bits per heavy atom. The summed E-state index contributed by atoms with van der Waals surface area (Å²) >= 11 is 1.92. The number of rotatable bonds is 13. The summed E-state index contributed by atoms with van der Waals surface area (Å²) in [5.41, 5.74) is 2.26. The Labute approximate surface area is 205 Å². The first-order valence-electron chi connectivity index (χ1n) is 11.6. The highest BCUT2D eigenvalue weighted by atomic mass is 32.2. The van der Waals surface area contributed by atoms with Gasteiger partial charge in [-0.3, -0.25) is 14.5 Å². The first-order valence-corrected chi connectivity index (χ1v) is 12.7. The van der Waals surface area contributed by atoms with E-state index in [1.54, 1.807) is 7.11 Å². The van der Waals surface area contributed by atoms with Crippen molar-refractivity contribution in [3.8, 4) is 11.5 Å². The molecule has 1 atom stereocenters. The minimum absolute atomic E-state index is 0.140. The Kier molecular flexibility index (Phi) is 10.6. The van der Waals surface area contributed by atoms with Crippen molar-refractivity contribution < 1.29 is 28.9 Å². The number of hydrogen-bond donors (Lipinski definition) is 1. The molecule has 2 aromatic carbocycles. The average molecular weight is 488 g/mol. The summed E-state index contributed by atoms with van der Waals surface area (Å²) < 4.78 is 17.1. The lowest BCUT2D eigenvalue weighted by Crippen LogP contribution is -2.42. The molecule has 0 bridgehead atoms. The molecule has 0 aromatic heterocycles. The molecule has 2 aromatic rings. The topological polar surface area (TPSA) is 85.3 Å². The van der Waals surface area contributed by atoms with E-state index in [0.29, 0.717) is 6.54 Å². The van der Waals surface area contributed by atoms with Crippen LogP contribution in [-0.4, -0.2) is 72.9 Å². The number of carbonyl (C=O) groups excluding carboxylic acids is 1. The minimum Gasteiger partial charge on any atom is -0.497 e. The lowest BCUT2D eigenvalue weighted by atomic mass is 10.0. The molecule has 0 amide bonds. The maximum atomic E-state index is 12.2. The highest BCUT2D eigenvalue weighted by Gasteiger charge is 2.22. The molecule has 8 heteroatoms. The summed E-state index contributed by atoms with van der Waals surface area (Å²) in [4.78, 5) is 25.3. The predicted octanol–water partition coefficient (Wildman–Crippen LogP) is 3.68. The van der Waals surface area contributed by atoms with Gasteiger partial charge in [0.05, 0.1) is 20.0 Å². The molecule has 1 saturated heterocycles. The molecule has 3 rings (SSSR count). The first-order chi connectivity index (χ1) is 16.5. The number of esters is 1. The van der Waals surface area contributed by atoms with E-state index in [-0.39, 0.29) is 19.4 Å². The predicted molar refractivity (Wildman–Crippen MR) is 133 cm³/mol. The van der Waals surface area contributed by atoms with Gasteiger partial charge < -0.3 is 19.3 Å². The van der Waals surface area contributed by atoms with Crippen LogP contribution in [0.15, 0.2) is 48.5 Å². The van der Waals surface area contributed by atoms with Gasteiger partial charge in [0.1, 0.15) is 24.2 Å². The number of carboxylic acid groups (broad SMARTS) is 1. The van der Waals surface area contributed by atoms with Crippen LogP contribution < -0.4 is 9.47 Å². The number of aliphatic carboxylic acids is 1. The number of thioether (sulfide) groups is 1. The van der Waals surface area contributed by atoms with Gasteiger partial charge in [0.15, 0.2) is 0 Å². The van der Waals surface area contributed by atoms with E-state index in [2.05, 4.69) is 11.0 Å². The van der Waals surface area contributed by atoms with Crippen molar-refractivity contribution in [2.45, 2.75) is 31.8 Å². The second-order valence-corrected chi connectivity index (χ2v) is 9.41. The van der Waals surface area contributed by atoms with Crippen LogP contribution >= 0.6 is 11.8 Å². The number of para-hydroxylation sites is 1. The minimum atomic E-state index is -1.01. The summed E-state index contributed by atoms with van der Waals surface area (Å²) in [5, 5.41) is 8.85. The average Bonchev–Trinajstić information content (AvgIpc) is 2.86. The zero-order chi connectivity index (χ0) is 24.2. The van der Waals surface area contributed by atoms with Crippen LogP contribution in [-0.2, 0) is 27.2 Å². The Morgan fingerprint density at radius 3 is 2.62 bits per heavy atom. The van der Waals surface area contributed by atoms with E-state index >= 15 is 0 Å². The number of aryl methyl sites for hydroxylation is 2. The van der Waals surface area contributed by atoms with Gasteiger partial charge >= 0.3 is 11.9 Å². The molecular weight excluding hydrogens is 454 g/mol. The number of benzene rings is 2. The van der Waals surface area contributed by atoms with Crippen LogP contribution in [0.4, 0.5) is 0 Å². The van der Waals surface area contributed by atoms with Crippen molar-refractivity contribution >= 4 is 23.7 Å². The second-order valence-electron chi connectivity index (χ2n) is 8.19. The van der Waals surface area contributed by atoms with Gasteiger partial charge in [-0.05, 0) is 42.2 Å². The van der Waals surface area contributed by atoms with Crippen LogP contribution in [0.5, 0.6) is 11.5 Å². The van der Waals surface area contributed by atoms with Crippen LogP contribution in [0.2, 0.25) is 0 Å². The fourth-order valence-electron chi connectivity index (χ4n) is 3.79. The third-order valence-corrected chi connectivity index (χ3v) is 6.56.